The molecule has 1 aromatic heterocycles. The molecule has 3 N–H and O–H groups in total. The van der Waals surface area contributed by atoms with Gasteiger partial charge in [0.05, 0.1) is 30.8 Å². The number of rotatable bonds is 7. The molecular weight excluding hydrogens is 526 g/mol. The topological polar surface area (TPSA) is 152 Å². The van der Waals surface area contributed by atoms with Crippen LogP contribution in [0.2, 0.25) is 5.02 Å². The SMILES string of the molecule is Cn1cc(S(=O)(=O)NC(=NCCS(N)(=O)=O)N2C[C@H](c3ccccc3)C(c3ccc(Cl)cc3)=N2)cn1. The van der Waals surface area contributed by atoms with E-state index in [1.54, 1.807) is 19.2 Å². The van der Waals surface area contributed by atoms with Crippen LogP contribution in [-0.2, 0) is 27.1 Å². The number of sulfonamides is 2. The van der Waals surface area contributed by atoms with Gasteiger partial charge in [0.25, 0.3) is 10.0 Å². The Kier molecular flexibility index (Phi) is 7.45. The maximum Gasteiger partial charge on any atom is 0.267 e. The van der Waals surface area contributed by atoms with Gasteiger partial charge in [-0.15, -0.1) is 0 Å². The Labute approximate surface area is 214 Å². The Morgan fingerprint density at radius 2 is 1.83 bits per heavy atom. The van der Waals surface area contributed by atoms with Gasteiger partial charge in [-0.25, -0.2) is 36.7 Å². The number of hydrogen-bond acceptors (Lipinski definition) is 7. The molecular formula is C22H24ClN7O4S2. The molecule has 0 spiro atoms. The molecule has 11 nitrogen and oxygen atoms in total. The van der Waals surface area contributed by atoms with Gasteiger partial charge in [0.1, 0.15) is 4.90 Å². The van der Waals surface area contributed by atoms with Crippen LogP contribution in [0.15, 0.2) is 82.0 Å². The summed E-state index contributed by atoms with van der Waals surface area (Å²) in [7, 11) is -6.31. The highest BCUT2D eigenvalue weighted by atomic mass is 35.5. The molecule has 0 fully saturated rings. The number of nitrogens with two attached hydrogens (primary N) is 1. The maximum atomic E-state index is 13.0. The van der Waals surface area contributed by atoms with Crippen molar-refractivity contribution >= 4 is 43.3 Å². The molecule has 190 valence electrons. The molecule has 1 aliphatic heterocycles. The highest BCUT2D eigenvalue weighted by molar-refractivity contribution is 7.90. The number of guanidine groups is 1. The summed E-state index contributed by atoms with van der Waals surface area (Å²) < 4.78 is 52.8. The summed E-state index contributed by atoms with van der Waals surface area (Å²) in [5, 5.41) is 15.7. The Morgan fingerprint density at radius 1 is 1.14 bits per heavy atom. The Balaban J connectivity index is 1.73. The highest BCUT2D eigenvalue weighted by Crippen LogP contribution is 2.29. The van der Waals surface area contributed by atoms with Gasteiger partial charge in [-0.05, 0) is 23.3 Å². The largest absolute Gasteiger partial charge is 0.274 e. The summed E-state index contributed by atoms with van der Waals surface area (Å²) in [5.41, 5.74) is 2.44. The standard InChI is InChI=1S/C22H24ClN7O4S2/c1-29-14-19(13-26-29)36(33,34)28-22(25-11-12-35(24,31)32)30-15-20(16-5-3-2-4-6-16)21(27-30)17-7-9-18(23)10-8-17/h2-10,13-14,20H,11-12,15H2,1H3,(H,25,28)(H2,24,31,32)/t20-/m1/s1. The van der Waals surface area contributed by atoms with E-state index in [-0.39, 0.29) is 29.9 Å². The summed E-state index contributed by atoms with van der Waals surface area (Å²) in [4.78, 5) is 4.14. The lowest BCUT2D eigenvalue weighted by atomic mass is 9.91. The van der Waals surface area contributed by atoms with Crippen molar-refractivity contribution in [2.24, 2.45) is 22.3 Å². The molecule has 0 saturated heterocycles. The monoisotopic (exact) mass is 549 g/mol. The molecule has 2 aromatic carbocycles. The van der Waals surface area contributed by atoms with Gasteiger partial charge in [-0.1, -0.05) is 54.1 Å². The number of nitrogens with zero attached hydrogens (tertiary/aromatic N) is 5. The van der Waals surface area contributed by atoms with Crippen LogP contribution in [-0.4, -0.2) is 62.1 Å². The van der Waals surface area contributed by atoms with Crippen LogP contribution in [0.5, 0.6) is 0 Å². The second kappa shape index (κ2) is 10.4. The van der Waals surface area contributed by atoms with Crippen molar-refractivity contribution in [3.8, 4) is 0 Å². The zero-order valence-corrected chi connectivity index (χ0v) is 21.6. The number of nitrogens with one attached hydrogen (secondary N) is 1. The fraction of sp³-hybridized carbons (Fsp3) is 0.227. The van der Waals surface area contributed by atoms with E-state index in [0.717, 1.165) is 11.1 Å². The van der Waals surface area contributed by atoms with Crippen LogP contribution in [0.3, 0.4) is 0 Å². The normalized spacial score (nSPS) is 16.8. The first-order valence-electron chi connectivity index (χ1n) is 10.8. The lowest BCUT2D eigenvalue weighted by Gasteiger charge is -2.19. The minimum Gasteiger partial charge on any atom is -0.274 e. The third kappa shape index (κ3) is 6.29. The second-order valence-corrected chi connectivity index (χ2v) is 11.9. The van der Waals surface area contributed by atoms with Crippen molar-refractivity contribution < 1.29 is 16.8 Å². The number of halogens is 1. The maximum absolute atomic E-state index is 13.0. The Bertz CT molecular complexity index is 1500. The number of aromatic nitrogens is 2. The molecule has 0 bridgehead atoms. The van der Waals surface area contributed by atoms with E-state index in [4.69, 9.17) is 21.8 Å². The molecule has 2 heterocycles. The Hall–Kier alpha value is -3.26. The molecule has 1 aliphatic rings. The fourth-order valence-corrected chi connectivity index (χ4v) is 5.10. The predicted molar refractivity (Wildman–Crippen MR) is 138 cm³/mol. The molecule has 0 unspecified atom stereocenters. The van der Waals surface area contributed by atoms with E-state index in [2.05, 4.69) is 14.8 Å². The van der Waals surface area contributed by atoms with E-state index in [1.807, 2.05) is 42.5 Å². The molecule has 14 heteroatoms. The second-order valence-electron chi connectivity index (χ2n) is 8.07. The fourth-order valence-electron chi connectivity index (χ4n) is 3.62. The van der Waals surface area contributed by atoms with Gasteiger partial charge in [0, 0.05) is 24.2 Å². The molecule has 0 amide bonds. The third-order valence-electron chi connectivity index (χ3n) is 5.35. The van der Waals surface area contributed by atoms with Crippen molar-refractivity contribution in [1.29, 1.82) is 0 Å². The minimum atomic E-state index is -4.09. The van der Waals surface area contributed by atoms with Gasteiger partial charge in [-0.2, -0.15) is 10.2 Å². The summed E-state index contributed by atoms with van der Waals surface area (Å²) >= 11 is 6.07. The zero-order chi connectivity index (χ0) is 25.9. The average Bonchev–Trinajstić information content (AvgIpc) is 3.46. The third-order valence-corrected chi connectivity index (χ3v) is 7.64. The van der Waals surface area contributed by atoms with Crippen LogP contribution in [0.25, 0.3) is 0 Å². The molecule has 4 rings (SSSR count). The summed E-state index contributed by atoms with van der Waals surface area (Å²) in [6.07, 6.45) is 2.53. The van der Waals surface area contributed by atoms with E-state index < -0.39 is 25.8 Å². The van der Waals surface area contributed by atoms with Crippen LogP contribution in [0, 0.1) is 0 Å². The van der Waals surface area contributed by atoms with Crippen LogP contribution in [0.1, 0.15) is 17.0 Å². The van der Waals surface area contributed by atoms with E-state index in [1.165, 1.54) is 22.1 Å². The Morgan fingerprint density at radius 3 is 2.44 bits per heavy atom. The van der Waals surface area contributed by atoms with Crippen LogP contribution < -0.4 is 9.86 Å². The number of primary sulfonamides is 1. The number of hydrogen-bond donors (Lipinski definition) is 2. The van der Waals surface area contributed by atoms with E-state index in [0.29, 0.717) is 10.7 Å². The van der Waals surface area contributed by atoms with Gasteiger partial charge in [-0.3, -0.25) is 4.68 Å². The summed E-state index contributed by atoms with van der Waals surface area (Å²) in [5.74, 6) is -0.819. The average molecular weight is 550 g/mol. The van der Waals surface area contributed by atoms with E-state index >= 15 is 0 Å². The lowest BCUT2D eigenvalue weighted by Crippen LogP contribution is -2.41. The molecule has 1 atom stereocenters. The number of benzene rings is 2. The summed E-state index contributed by atoms with van der Waals surface area (Å²) in [6, 6.07) is 16.8. The smallest absolute Gasteiger partial charge is 0.267 e. The number of aryl methyl sites for hydroxylation is 1. The first-order chi connectivity index (χ1) is 17.0. The predicted octanol–water partition coefficient (Wildman–Crippen LogP) is 1.50. The quantitative estimate of drug-likeness (QED) is 0.336. The minimum absolute atomic E-state index is 0.0788. The molecule has 0 aliphatic carbocycles. The van der Waals surface area contributed by atoms with Crippen molar-refractivity contribution in [1.82, 2.24) is 19.5 Å². The van der Waals surface area contributed by atoms with Gasteiger partial charge in [0.15, 0.2) is 0 Å². The van der Waals surface area contributed by atoms with Crippen molar-refractivity contribution in [2.75, 3.05) is 18.8 Å². The molecule has 0 radical (unpaired) electrons. The van der Waals surface area contributed by atoms with Crippen molar-refractivity contribution in [3.63, 3.8) is 0 Å². The molecule has 3 aromatic rings. The van der Waals surface area contributed by atoms with Crippen LogP contribution >= 0.6 is 11.6 Å². The number of aliphatic imine (C=N–C) groups is 1. The summed E-state index contributed by atoms with van der Waals surface area (Å²) in [6.45, 7) is -0.00618. The zero-order valence-electron chi connectivity index (χ0n) is 19.2. The van der Waals surface area contributed by atoms with Crippen molar-refractivity contribution in [3.05, 3.63) is 83.1 Å². The van der Waals surface area contributed by atoms with Gasteiger partial charge >= 0.3 is 0 Å². The number of hydrazone groups is 1. The van der Waals surface area contributed by atoms with Gasteiger partial charge < -0.3 is 0 Å². The highest BCUT2D eigenvalue weighted by Gasteiger charge is 2.33. The van der Waals surface area contributed by atoms with Gasteiger partial charge in [0.2, 0.25) is 16.0 Å². The molecule has 36 heavy (non-hydrogen) atoms. The van der Waals surface area contributed by atoms with Crippen LogP contribution in [0.4, 0.5) is 0 Å². The molecule has 0 saturated carbocycles. The van der Waals surface area contributed by atoms with Crippen molar-refractivity contribution in [2.45, 2.75) is 10.8 Å². The van der Waals surface area contributed by atoms with E-state index in [9.17, 15) is 16.8 Å². The first kappa shape index (κ1) is 25.8. The lowest BCUT2D eigenvalue weighted by molar-refractivity contribution is 0.461. The first-order valence-corrected chi connectivity index (χ1v) is 14.3.